The summed E-state index contributed by atoms with van der Waals surface area (Å²) in [6.07, 6.45) is 1.05. The molecule has 3 amide bonds. The summed E-state index contributed by atoms with van der Waals surface area (Å²) in [5.74, 6) is -0.613. The van der Waals surface area contributed by atoms with Gasteiger partial charge in [-0.15, -0.1) is 11.3 Å². The first-order chi connectivity index (χ1) is 16.8. The van der Waals surface area contributed by atoms with Gasteiger partial charge in [0.15, 0.2) is 5.13 Å². The van der Waals surface area contributed by atoms with Gasteiger partial charge in [0.1, 0.15) is 6.54 Å². The summed E-state index contributed by atoms with van der Waals surface area (Å²) in [6.45, 7) is 10.6. The van der Waals surface area contributed by atoms with Crippen LogP contribution in [0.5, 0.6) is 0 Å². The number of rotatable bonds is 11. The van der Waals surface area contributed by atoms with Gasteiger partial charge in [0.25, 0.3) is 5.91 Å². The number of benzene rings is 1. The van der Waals surface area contributed by atoms with Crippen molar-refractivity contribution in [3.05, 3.63) is 46.5 Å². The second-order valence-electron chi connectivity index (χ2n) is 8.92. The monoisotopic (exact) mass is 501 g/mol. The Balaban J connectivity index is 1.43. The lowest BCUT2D eigenvalue weighted by Crippen LogP contribution is -2.42. The van der Waals surface area contributed by atoms with Crippen molar-refractivity contribution in [1.82, 2.24) is 20.1 Å². The van der Waals surface area contributed by atoms with Gasteiger partial charge in [0, 0.05) is 36.6 Å². The molecule has 0 radical (unpaired) electrons. The van der Waals surface area contributed by atoms with Crippen LogP contribution in [0.15, 0.2) is 29.6 Å². The van der Waals surface area contributed by atoms with E-state index in [1.165, 1.54) is 16.2 Å². The molecule has 2 N–H and O–H groups in total. The van der Waals surface area contributed by atoms with Crippen LogP contribution in [0.3, 0.4) is 0 Å². The predicted octanol–water partition coefficient (Wildman–Crippen LogP) is 2.32. The number of carbonyl (C=O) groups is 3. The second kappa shape index (κ2) is 13.3. The summed E-state index contributed by atoms with van der Waals surface area (Å²) >= 11 is 1.26. The number of hydrogen-bond donors (Lipinski definition) is 2. The number of nitrogens with zero attached hydrogens (tertiary/aromatic N) is 3. The molecular weight excluding hydrogens is 466 g/mol. The molecule has 35 heavy (non-hydrogen) atoms. The summed E-state index contributed by atoms with van der Waals surface area (Å²) in [4.78, 5) is 46.0. The van der Waals surface area contributed by atoms with Crippen molar-refractivity contribution < 1.29 is 19.1 Å². The Kier molecular flexibility index (Phi) is 10.2. The number of nitrogens with one attached hydrogen (secondary N) is 2. The van der Waals surface area contributed by atoms with Gasteiger partial charge in [-0.2, -0.15) is 0 Å². The lowest BCUT2D eigenvalue weighted by Gasteiger charge is -2.26. The van der Waals surface area contributed by atoms with E-state index < -0.39 is 0 Å². The SMILES string of the molecule is Cc1ccc(C(=O)N(CC(=O)Nc2nc(CC(=O)NCCCN3CCOCC3)cs2)C(C)C)cc1. The number of aromatic nitrogens is 1. The molecule has 0 unspecified atom stereocenters. The predicted molar refractivity (Wildman–Crippen MR) is 137 cm³/mol. The van der Waals surface area contributed by atoms with Crippen LogP contribution in [0, 0.1) is 6.92 Å². The Morgan fingerprint density at radius 1 is 1.14 bits per heavy atom. The van der Waals surface area contributed by atoms with Gasteiger partial charge < -0.3 is 20.3 Å². The molecule has 3 rings (SSSR count). The van der Waals surface area contributed by atoms with E-state index in [1.54, 1.807) is 17.5 Å². The summed E-state index contributed by atoms with van der Waals surface area (Å²) in [7, 11) is 0. The van der Waals surface area contributed by atoms with Crippen molar-refractivity contribution in [2.45, 2.75) is 39.7 Å². The lowest BCUT2D eigenvalue weighted by atomic mass is 10.1. The number of hydrogen-bond acceptors (Lipinski definition) is 7. The maximum Gasteiger partial charge on any atom is 0.254 e. The Hall–Kier alpha value is -2.82. The molecule has 0 saturated carbocycles. The van der Waals surface area contributed by atoms with Gasteiger partial charge in [-0.1, -0.05) is 17.7 Å². The van der Waals surface area contributed by atoms with E-state index in [9.17, 15) is 14.4 Å². The molecular formula is C25H35N5O4S. The third-order valence-corrected chi connectivity index (χ3v) is 6.52. The van der Waals surface area contributed by atoms with Gasteiger partial charge in [-0.3, -0.25) is 19.3 Å². The van der Waals surface area contributed by atoms with Crippen molar-refractivity contribution in [2.24, 2.45) is 0 Å². The van der Waals surface area contributed by atoms with Crippen LogP contribution >= 0.6 is 11.3 Å². The Bertz CT molecular complexity index is 986. The van der Waals surface area contributed by atoms with Crippen LogP contribution in [-0.2, 0) is 20.7 Å². The number of amides is 3. The first-order valence-corrected chi connectivity index (χ1v) is 12.9. The van der Waals surface area contributed by atoms with Crippen LogP contribution < -0.4 is 10.6 Å². The van der Waals surface area contributed by atoms with E-state index >= 15 is 0 Å². The Morgan fingerprint density at radius 2 is 1.86 bits per heavy atom. The zero-order valence-electron chi connectivity index (χ0n) is 20.7. The minimum atomic E-state index is -0.326. The molecule has 190 valence electrons. The molecule has 2 heterocycles. The number of thiazole rings is 1. The first-order valence-electron chi connectivity index (χ1n) is 12.0. The van der Waals surface area contributed by atoms with Crippen molar-refractivity contribution in [3.63, 3.8) is 0 Å². The maximum absolute atomic E-state index is 12.9. The summed E-state index contributed by atoms with van der Waals surface area (Å²) in [6, 6.07) is 7.15. The quantitative estimate of drug-likeness (QED) is 0.458. The van der Waals surface area contributed by atoms with Crippen molar-refractivity contribution in [1.29, 1.82) is 0 Å². The van der Waals surface area contributed by atoms with Crippen molar-refractivity contribution in [3.8, 4) is 0 Å². The molecule has 2 aromatic rings. The molecule has 10 heteroatoms. The highest BCUT2D eigenvalue weighted by Crippen LogP contribution is 2.17. The standard InChI is InChI=1S/C25H35N5O4S/c1-18(2)30(24(33)20-7-5-19(3)6-8-20)16-23(32)28-25-27-21(17-35-25)15-22(31)26-9-4-10-29-11-13-34-14-12-29/h5-8,17-18H,4,9-16H2,1-3H3,(H,26,31)(H,27,28,32). The topological polar surface area (TPSA) is 104 Å². The van der Waals surface area contributed by atoms with E-state index in [1.807, 2.05) is 32.9 Å². The molecule has 1 aliphatic rings. The number of anilines is 1. The lowest BCUT2D eigenvalue weighted by molar-refractivity contribution is -0.120. The minimum absolute atomic E-state index is 0.0804. The minimum Gasteiger partial charge on any atom is -0.379 e. The molecule has 1 saturated heterocycles. The van der Waals surface area contributed by atoms with Crippen LogP contribution in [0.4, 0.5) is 5.13 Å². The molecule has 0 spiro atoms. The van der Waals surface area contributed by atoms with Gasteiger partial charge in [0.05, 0.1) is 25.3 Å². The van der Waals surface area contributed by atoms with Crippen LogP contribution in [0.2, 0.25) is 0 Å². The average molecular weight is 502 g/mol. The third-order valence-electron chi connectivity index (χ3n) is 5.71. The summed E-state index contributed by atoms with van der Waals surface area (Å²) in [5.41, 5.74) is 2.22. The van der Waals surface area contributed by atoms with Gasteiger partial charge >= 0.3 is 0 Å². The fourth-order valence-electron chi connectivity index (χ4n) is 3.69. The van der Waals surface area contributed by atoms with E-state index in [0.29, 0.717) is 22.9 Å². The molecule has 0 bridgehead atoms. The van der Waals surface area contributed by atoms with E-state index in [0.717, 1.165) is 44.8 Å². The molecule has 9 nitrogen and oxygen atoms in total. The highest BCUT2D eigenvalue weighted by Gasteiger charge is 2.22. The van der Waals surface area contributed by atoms with Crippen LogP contribution in [0.25, 0.3) is 0 Å². The van der Waals surface area contributed by atoms with E-state index in [4.69, 9.17) is 4.74 Å². The van der Waals surface area contributed by atoms with E-state index in [-0.39, 0.29) is 36.7 Å². The van der Waals surface area contributed by atoms with Gasteiger partial charge in [-0.25, -0.2) is 4.98 Å². The molecule has 1 aromatic heterocycles. The summed E-state index contributed by atoms with van der Waals surface area (Å²) < 4.78 is 5.34. The molecule has 0 atom stereocenters. The number of carbonyl (C=O) groups excluding carboxylic acids is 3. The summed E-state index contributed by atoms with van der Waals surface area (Å²) in [5, 5.41) is 7.86. The highest BCUT2D eigenvalue weighted by atomic mass is 32.1. The fourth-order valence-corrected chi connectivity index (χ4v) is 4.42. The first kappa shape index (κ1) is 26.8. The highest BCUT2D eigenvalue weighted by molar-refractivity contribution is 7.13. The van der Waals surface area contributed by atoms with Crippen LogP contribution in [0.1, 0.15) is 41.9 Å². The van der Waals surface area contributed by atoms with Gasteiger partial charge in [0.2, 0.25) is 11.8 Å². The van der Waals surface area contributed by atoms with Crippen LogP contribution in [-0.4, -0.2) is 84.5 Å². The van der Waals surface area contributed by atoms with Crippen molar-refractivity contribution in [2.75, 3.05) is 51.3 Å². The second-order valence-corrected chi connectivity index (χ2v) is 9.78. The average Bonchev–Trinajstić information content (AvgIpc) is 3.27. The molecule has 1 aliphatic heterocycles. The molecule has 1 fully saturated rings. The fraction of sp³-hybridized carbons (Fsp3) is 0.520. The smallest absolute Gasteiger partial charge is 0.254 e. The number of ether oxygens (including phenoxy) is 1. The molecule has 0 aliphatic carbocycles. The maximum atomic E-state index is 12.9. The number of aryl methyl sites for hydroxylation is 1. The Labute approximate surface area is 210 Å². The van der Waals surface area contributed by atoms with Crippen molar-refractivity contribution >= 4 is 34.2 Å². The third kappa shape index (κ3) is 8.72. The Morgan fingerprint density at radius 3 is 2.54 bits per heavy atom. The van der Waals surface area contributed by atoms with E-state index in [2.05, 4.69) is 20.5 Å². The molecule has 1 aromatic carbocycles. The number of morpholine rings is 1. The normalized spacial score (nSPS) is 14.1. The zero-order chi connectivity index (χ0) is 25.2. The zero-order valence-corrected chi connectivity index (χ0v) is 21.5. The van der Waals surface area contributed by atoms with Gasteiger partial charge in [-0.05, 0) is 45.9 Å². The largest absolute Gasteiger partial charge is 0.379 e.